The zero-order chi connectivity index (χ0) is 15.0. The zero-order valence-corrected chi connectivity index (χ0v) is 12.4. The minimum atomic E-state index is -2.45. The molecule has 20 heavy (non-hydrogen) atoms. The molecule has 1 unspecified atom stereocenters. The van der Waals surface area contributed by atoms with Gasteiger partial charge in [0.25, 0.3) is 6.43 Å². The van der Waals surface area contributed by atoms with Gasteiger partial charge in [-0.2, -0.15) is 5.10 Å². The molecule has 0 saturated carbocycles. The Kier molecular flexibility index (Phi) is 7.98. The molecule has 0 amide bonds. The summed E-state index contributed by atoms with van der Waals surface area (Å²) in [7, 11) is 3.39. The average Bonchev–Trinajstić information content (AvgIpc) is 2.78. The molecule has 1 aromatic rings. The number of aromatic nitrogens is 2. The second-order valence-corrected chi connectivity index (χ2v) is 4.60. The van der Waals surface area contributed by atoms with E-state index in [-0.39, 0.29) is 12.6 Å². The molecule has 1 heterocycles. The van der Waals surface area contributed by atoms with Crippen LogP contribution in [0.25, 0.3) is 0 Å². The van der Waals surface area contributed by atoms with Crippen LogP contribution in [0.2, 0.25) is 5.02 Å². The summed E-state index contributed by atoms with van der Waals surface area (Å²) in [5.74, 6) is 0. The third-order valence-electron chi connectivity index (χ3n) is 2.81. The van der Waals surface area contributed by atoms with E-state index in [2.05, 4.69) is 10.4 Å². The molecule has 0 fully saturated rings. The lowest BCUT2D eigenvalue weighted by Crippen LogP contribution is -2.23. The van der Waals surface area contributed by atoms with Crippen molar-refractivity contribution in [2.24, 2.45) is 0 Å². The molecule has 116 valence electrons. The molecule has 0 aliphatic rings. The molecule has 0 bridgehead atoms. The van der Waals surface area contributed by atoms with Crippen LogP contribution in [0.1, 0.15) is 18.2 Å². The van der Waals surface area contributed by atoms with E-state index in [0.717, 1.165) is 5.69 Å². The highest BCUT2D eigenvalue weighted by atomic mass is 35.5. The van der Waals surface area contributed by atoms with Crippen LogP contribution in [0, 0.1) is 0 Å². The van der Waals surface area contributed by atoms with Gasteiger partial charge in [0.15, 0.2) is 0 Å². The molecule has 0 aromatic carbocycles. The predicted octanol–water partition coefficient (Wildman–Crippen LogP) is 2.12. The van der Waals surface area contributed by atoms with Gasteiger partial charge in [-0.3, -0.25) is 4.68 Å². The molecule has 0 spiro atoms. The lowest BCUT2D eigenvalue weighted by atomic mass is 10.1. The molecule has 0 aliphatic carbocycles. The van der Waals surface area contributed by atoms with E-state index in [0.29, 0.717) is 24.6 Å². The molecule has 5 nitrogen and oxygen atoms in total. The molecule has 1 aromatic heterocycles. The Morgan fingerprint density at radius 3 is 2.80 bits per heavy atom. The van der Waals surface area contributed by atoms with Crippen LogP contribution in [0.5, 0.6) is 0 Å². The van der Waals surface area contributed by atoms with Crippen LogP contribution in [0.4, 0.5) is 8.78 Å². The third kappa shape index (κ3) is 5.32. The predicted molar refractivity (Wildman–Crippen MR) is 72.4 cm³/mol. The summed E-state index contributed by atoms with van der Waals surface area (Å²) in [4.78, 5) is 0. The minimum Gasteiger partial charge on any atom is -0.383 e. The number of methoxy groups -OCH3 is 1. The van der Waals surface area contributed by atoms with Gasteiger partial charge in [-0.15, -0.1) is 0 Å². The second kappa shape index (κ2) is 9.23. The van der Waals surface area contributed by atoms with Crippen LogP contribution in [0.3, 0.4) is 0 Å². The number of ether oxygens (including phenoxy) is 2. The number of halogens is 3. The van der Waals surface area contributed by atoms with E-state index < -0.39 is 13.0 Å². The first-order valence-electron chi connectivity index (χ1n) is 6.33. The van der Waals surface area contributed by atoms with Gasteiger partial charge in [0.2, 0.25) is 0 Å². The number of nitrogens with one attached hydrogen (secondary N) is 1. The maximum absolute atomic E-state index is 12.0. The van der Waals surface area contributed by atoms with Crippen LogP contribution in [-0.2, 0) is 16.0 Å². The van der Waals surface area contributed by atoms with Gasteiger partial charge in [0, 0.05) is 13.7 Å². The molecule has 0 saturated heterocycles. The van der Waals surface area contributed by atoms with Gasteiger partial charge in [0.05, 0.1) is 36.1 Å². The zero-order valence-electron chi connectivity index (χ0n) is 11.6. The third-order valence-corrected chi connectivity index (χ3v) is 3.10. The fourth-order valence-corrected chi connectivity index (χ4v) is 2.14. The summed E-state index contributed by atoms with van der Waals surface area (Å²) in [5.41, 5.74) is 0.812. The van der Waals surface area contributed by atoms with Crippen molar-refractivity contribution in [1.29, 1.82) is 0 Å². The summed E-state index contributed by atoms with van der Waals surface area (Å²) in [6.45, 7) is 0.771. The summed E-state index contributed by atoms with van der Waals surface area (Å²) < 4.78 is 35.6. The molecular formula is C12H20ClF2N3O2. The molecule has 0 aliphatic heterocycles. The van der Waals surface area contributed by atoms with E-state index in [1.807, 2.05) is 0 Å². The minimum absolute atomic E-state index is 0.112. The fourth-order valence-electron chi connectivity index (χ4n) is 1.87. The maximum Gasteiger partial charge on any atom is 0.261 e. The van der Waals surface area contributed by atoms with Crippen molar-refractivity contribution in [3.05, 3.63) is 16.9 Å². The molecule has 1 atom stereocenters. The second-order valence-electron chi connectivity index (χ2n) is 4.19. The van der Waals surface area contributed by atoms with Gasteiger partial charge in [0.1, 0.15) is 6.61 Å². The van der Waals surface area contributed by atoms with Crippen LogP contribution in [0.15, 0.2) is 6.20 Å². The molecule has 1 N–H and O–H groups in total. The van der Waals surface area contributed by atoms with Crippen LogP contribution >= 0.6 is 11.6 Å². The highest BCUT2D eigenvalue weighted by molar-refractivity contribution is 6.31. The van der Waals surface area contributed by atoms with E-state index in [1.165, 1.54) is 0 Å². The maximum atomic E-state index is 12.0. The van der Waals surface area contributed by atoms with Crippen molar-refractivity contribution in [2.75, 3.05) is 34.0 Å². The molecule has 1 rings (SSSR count). The Balaban J connectivity index is 2.61. The van der Waals surface area contributed by atoms with Gasteiger partial charge in [-0.05, 0) is 13.5 Å². The van der Waals surface area contributed by atoms with Crippen molar-refractivity contribution >= 4 is 11.6 Å². The van der Waals surface area contributed by atoms with Gasteiger partial charge in [-0.1, -0.05) is 11.6 Å². The fraction of sp³-hybridized carbons (Fsp3) is 0.750. The number of hydrogen-bond acceptors (Lipinski definition) is 4. The van der Waals surface area contributed by atoms with E-state index in [1.54, 1.807) is 25.0 Å². The van der Waals surface area contributed by atoms with E-state index >= 15 is 0 Å². The molecule has 8 heteroatoms. The first-order chi connectivity index (χ1) is 9.60. The lowest BCUT2D eigenvalue weighted by molar-refractivity contribution is 0.0143. The SMILES string of the molecule is CNC(CCOCC(F)F)c1c(Cl)cnn1CCOC. The van der Waals surface area contributed by atoms with Gasteiger partial charge >= 0.3 is 0 Å². The highest BCUT2D eigenvalue weighted by Gasteiger charge is 2.19. The first kappa shape index (κ1) is 17.3. The molecule has 0 radical (unpaired) electrons. The quantitative estimate of drug-likeness (QED) is 0.672. The largest absolute Gasteiger partial charge is 0.383 e. The van der Waals surface area contributed by atoms with Crippen molar-refractivity contribution in [3.63, 3.8) is 0 Å². The van der Waals surface area contributed by atoms with Crippen LogP contribution in [-0.4, -0.2) is 50.2 Å². The summed E-state index contributed by atoms with van der Waals surface area (Å²) in [6, 6.07) is -0.112. The standard InChI is InChI=1S/C12H20ClF2N3O2/c1-16-10(3-5-20-8-11(14)15)12-9(13)7-17-18(12)4-6-19-2/h7,10-11,16H,3-6,8H2,1-2H3. The Hall–Kier alpha value is -0.760. The highest BCUT2D eigenvalue weighted by Crippen LogP contribution is 2.25. The number of rotatable bonds is 10. The number of alkyl halides is 2. The van der Waals surface area contributed by atoms with Crippen molar-refractivity contribution in [2.45, 2.75) is 25.4 Å². The Morgan fingerprint density at radius 1 is 1.45 bits per heavy atom. The topological polar surface area (TPSA) is 48.3 Å². The Labute approximate surface area is 122 Å². The van der Waals surface area contributed by atoms with Crippen molar-refractivity contribution in [3.8, 4) is 0 Å². The van der Waals surface area contributed by atoms with E-state index in [9.17, 15) is 8.78 Å². The van der Waals surface area contributed by atoms with E-state index in [4.69, 9.17) is 21.1 Å². The van der Waals surface area contributed by atoms with Crippen LogP contribution < -0.4 is 5.32 Å². The average molecular weight is 312 g/mol. The Morgan fingerprint density at radius 2 is 2.20 bits per heavy atom. The summed E-state index contributed by atoms with van der Waals surface area (Å²) in [5, 5.41) is 7.82. The Bertz CT molecular complexity index is 391. The molecular weight excluding hydrogens is 292 g/mol. The summed E-state index contributed by atoms with van der Waals surface area (Å²) in [6.07, 6.45) is -0.350. The smallest absolute Gasteiger partial charge is 0.261 e. The van der Waals surface area contributed by atoms with Crippen molar-refractivity contribution < 1.29 is 18.3 Å². The van der Waals surface area contributed by atoms with Gasteiger partial charge in [-0.25, -0.2) is 8.78 Å². The van der Waals surface area contributed by atoms with Crippen molar-refractivity contribution in [1.82, 2.24) is 15.1 Å². The lowest BCUT2D eigenvalue weighted by Gasteiger charge is -2.18. The first-order valence-corrected chi connectivity index (χ1v) is 6.71. The monoisotopic (exact) mass is 311 g/mol. The summed E-state index contributed by atoms with van der Waals surface area (Å²) >= 11 is 6.14. The number of nitrogens with zero attached hydrogens (tertiary/aromatic N) is 2. The number of hydrogen-bond donors (Lipinski definition) is 1. The van der Waals surface area contributed by atoms with Gasteiger partial charge < -0.3 is 14.8 Å². The normalized spacial score (nSPS) is 13.1.